The lowest BCUT2D eigenvalue weighted by molar-refractivity contribution is 0.112. The van der Waals surface area contributed by atoms with Gasteiger partial charge in [-0.25, -0.2) is 0 Å². The van der Waals surface area contributed by atoms with Gasteiger partial charge in [-0.1, -0.05) is 48.5 Å². The number of aldehydes is 1. The molecule has 0 aliphatic rings. The Morgan fingerprint density at radius 1 is 0.941 bits per heavy atom. The van der Waals surface area contributed by atoms with Crippen LogP contribution in [0, 0.1) is 11.3 Å². The van der Waals surface area contributed by atoms with E-state index in [9.17, 15) is 4.79 Å². The van der Waals surface area contributed by atoms with Crippen LogP contribution in [0.4, 0.5) is 0 Å². The van der Waals surface area contributed by atoms with E-state index in [-0.39, 0.29) is 0 Å². The molecule has 2 nitrogen and oxygen atoms in total. The molecule has 82 valence electrons. The topological polar surface area (TPSA) is 40.9 Å². The zero-order valence-electron chi connectivity index (χ0n) is 9.26. The van der Waals surface area contributed by atoms with Crippen molar-refractivity contribution in [2.45, 2.75) is 6.42 Å². The molecule has 17 heavy (non-hydrogen) atoms. The summed E-state index contributed by atoms with van der Waals surface area (Å²) in [6.45, 7) is 0. The molecule has 2 heteroatoms. The highest BCUT2D eigenvalue weighted by atomic mass is 16.1. The first-order valence-corrected chi connectivity index (χ1v) is 5.35. The standard InChI is InChI=1S/C15H11NO/c16-10-9-12-1-5-14(6-2-12)15-7-3-13(11-17)4-8-15/h1-8,11H,9H2. The van der Waals surface area contributed by atoms with Gasteiger partial charge in [-0.2, -0.15) is 5.26 Å². The van der Waals surface area contributed by atoms with Crippen molar-refractivity contribution in [1.82, 2.24) is 0 Å². The molecule has 0 aromatic heterocycles. The molecule has 2 aromatic rings. The summed E-state index contributed by atoms with van der Waals surface area (Å²) in [4.78, 5) is 10.5. The molecule has 0 atom stereocenters. The minimum Gasteiger partial charge on any atom is -0.298 e. The number of carbonyl (C=O) groups excluding carboxylic acids is 1. The Labute approximate surface area is 100 Å². The molecule has 0 aliphatic carbocycles. The summed E-state index contributed by atoms with van der Waals surface area (Å²) in [5, 5.41) is 8.58. The van der Waals surface area contributed by atoms with Gasteiger partial charge >= 0.3 is 0 Å². The summed E-state index contributed by atoms with van der Waals surface area (Å²) in [6, 6.07) is 17.4. The Kier molecular flexibility index (Phi) is 3.32. The van der Waals surface area contributed by atoms with Crippen molar-refractivity contribution >= 4 is 6.29 Å². The molecule has 0 spiro atoms. The lowest BCUT2D eigenvalue weighted by Gasteiger charge is -2.02. The zero-order chi connectivity index (χ0) is 12.1. The average Bonchev–Trinajstić information content (AvgIpc) is 2.40. The van der Waals surface area contributed by atoms with Crippen LogP contribution in [0.2, 0.25) is 0 Å². The van der Waals surface area contributed by atoms with E-state index in [0.717, 1.165) is 23.0 Å². The molecule has 0 N–H and O–H groups in total. The van der Waals surface area contributed by atoms with E-state index in [1.54, 1.807) is 12.1 Å². The molecule has 0 amide bonds. The van der Waals surface area contributed by atoms with Gasteiger partial charge in [-0.05, 0) is 16.7 Å². The monoisotopic (exact) mass is 221 g/mol. The van der Waals surface area contributed by atoms with Crippen molar-refractivity contribution in [2.24, 2.45) is 0 Å². The van der Waals surface area contributed by atoms with Crippen molar-refractivity contribution in [3.63, 3.8) is 0 Å². The third-order valence-corrected chi connectivity index (χ3v) is 2.62. The number of benzene rings is 2. The molecular weight excluding hydrogens is 210 g/mol. The van der Waals surface area contributed by atoms with Gasteiger partial charge in [0, 0.05) is 5.56 Å². The summed E-state index contributed by atoms with van der Waals surface area (Å²) < 4.78 is 0. The maximum atomic E-state index is 10.5. The fourth-order valence-electron chi connectivity index (χ4n) is 1.66. The van der Waals surface area contributed by atoms with E-state index >= 15 is 0 Å². The predicted octanol–water partition coefficient (Wildman–Crippen LogP) is 3.23. The van der Waals surface area contributed by atoms with Crippen molar-refractivity contribution in [1.29, 1.82) is 5.26 Å². The zero-order valence-corrected chi connectivity index (χ0v) is 9.26. The van der Waals surface area contributed by atoms with Crippen LogP contribution in [0.3, 0.4) is 0 Å². The quantitative estimate of drug-likeness (QED) is 0.746. The Morgan fingerprint density at radius 2 is 1.47 bits per heavy atom. The summed E-state index contributed by atoms with van der Waals surface area (Å²) in [6.07, 6.45) is 1.27. The van der Waals surface area contributed by atoms with Crippen LogP contribution in [-0.2, 0) is 6.42 Å². The second kappa shape index (κ2) is 5.09. The minimum atomic E-state index is 0.435. The maximum Gasteiger partial charge on any atom is 0.150 e. The van der Waals surface area contributed by atoms with Crippen molar-refractivity contribution < 1.29 is 4.79 Å². The summed E-state index contributed by atoms with van der Waals surface area (Å²) in [5.41, 5.74) is 3.85. The van der Waals surface area contributed by atoms with E-state index in [1.165, 1.54) is 0 Å². The molecule has 0 saturated carbocycles. The molecule has 2 rings (SSSR count). The second-order valence-electron chi connectivity index (χ2n) is 3.77. The second-order valence-corrected chi connectivity index (χ2v) is 3.77. The normalized spacial score (nSPS) is 9.59. The van der Waals surface area contributed by atoms with Crippen molar-refractivity contribution in [3.8, 4) is 17.2 Å². The van der Waals surface area contributed by atoms with Gasteiger partial charge in [-0.3, -0.25) is 4.79 Å². The van der Waals surface area contributed by atoms with E-state index in [4.69, 9.17) is 5.26 Å². The van der Waals surface area contributed by atoms with E-state index in [1.807, 2.05) is 36.4 Å². The molecule has 0 fully saturated rings. The number of carbonyl (C=O) groups is 1. The minimum absolute atomic E-state index is 0.435. The fourth-order valence-corrected chi connectivity index (χ4v) is 1.66. The third-order valence-electron chi connectivity index (χ3n) is 2.62. The lowest BCUT2D eigenvalue weighted by atomic mass is 10.0. The Hall–Kier alpha value is -2.40. The van der Waals surface area contributed by atoms with Crippen molar-refractivity contribution in [2.75, 3.05) is 0 Å². The number of nitriles is 1. The van der Waals surface area contributed by atoms with E-state index in [0.29, 0.717) is 12.0 Å². The number of rotatable bonds is 3. The largest absolute Gasteiger partial charge is 0.298 e. The van der Waals surface area contributed by atoms with Gasteiger partial charge in [0.1, 0.15) is 6.29 Å². The molecule has 0 aliphatic heterocycles. The Balaban J connectivity index is 2.27. The lowest BCUT2D eigenvalue weighted by Crippen LogP contribution is -1.83. The highest BCUT2D eigenvalue weighted by Gasteiger charge is 1.98. The van der Waals surface area contributed by atoms with Crippen LogP contribution >= 0.6 is 0 Å². The van der Waals surface area contributed by atoms with Crippen LogP contribution in [0.1, 0.15) is 15.9 Å². The first-order chi connectivity index (χ1) is 8.33. The van der Waals surface area contributed by atoms with Crippen LogP contribution in [0.15, 0.2) is 48.5 Å². The average molecular weight is 221 g/mol. The number of hydrogen-bond donors (Lipinski definition) is 0. The van der Waals surface area contributed by atoms with Crippen LogP contribution in [0.5, 0.6) is 0 Å². The molecule has 0 heterocycles. The first-order valence-electron chi connectivity index (χ1n) is 5.35. The van der Waals surface area contributed by atoms with Crippen LogP contribution in [0.25, 0.3) is 11.1 Å². The molecule has 0 saturated heterocycles. The molecule has 2 aromatic carbocycles. The Morgan fingerprint density at radius 3 is 1.94 bits per heavy atom. The van der Waals surface area contributed by atoms with Crippen LogP contribution in [-0.4, -0.2) is 6.29 Å². The molecule has 0 unspecified atom stereocenters. The summed E-state index contributed by atoms with van der Waals surface area (Å²) in [7, 11) is 0. The van der Waals surface area contributed by atoms with Gasteiger partial charge in [-0.15, -0.1) is 0 Å². The summed E-state index contributed by atoms with van der Waals surface area (Å²) >= 11 is 0. The SMILES string of the molecule is N#CCc1ccc(-c2ccc(C=O)cc2)cc1. The van der Waals surface area contributed by atoms with Gasteiger partial charge < -0.3 is 0 Å². The number of nitrogens with zero attached hydrogens (tertiary/aromatic N) is 1. The number of hydrogen-bond acceptors (Lipinski definition) is 2. The highest BCUT2D eigenvalue weighted by Crippen LogP contribution is 2.20. The smallest absolute Gasteiger partial charge is 0.150 e. The van der Waals surface area contributed by atoms with Gasteiger partial charge in [0.15, 0.2) is 0 Å². The summed E-state index contributed by atoms with van der Waals surface area (Å²) in [5.74, 6) is 0. The van der Waals surface area contributed by atoms with Gasteiger partial charge in [0.2, 0.25) is 0 Å². The third kappa shape index (κ3) is 2.59. The first kappa shape index (κ1) is 11.1. The van der Waals surface area contributed by atoms with Crippen molar-refractivity contribution in [3.05, 3.63) is 59.7 Å². The fraction of sp³-hybridized carbons (Fsp3) is 0.0667. The van der Waals surface area contributed by atoms with E-state index < -0.39 is 0 Å². The van der Waals surface area contributed by atoms with E-state index in [2.05, 4.69) is 6.07 Å². The van der Waals surface area contributed by atoms with Gasteiger partial charge in [0.25, 0.3) is 0 Å². The highest BCUT2D eigenvalue weighted by molar-refractivity contribution is 5.76. The van der Waals surface area contributed by atoms with Gasteiger partial charge in [0.05, 0.1) is 12.5 Å². The maximum absolute atomic E-state index is 10.5. The molecule has 0 bridgehead atoms. The predicted molar refractivity (Wildman–Crippen MR) is 66.6 cm³/mol. The molecular formula is C15H11NO. The molecule has 0 radical (unpaired) electrons. The Bertz CT molecular complexity index is 547. The van der Waals surface area contributed by atoms with Crippen LogP contribution < -0.4 is 0 Å².